The Balaban J connectivity index is 2.12. The second kappa shape index (κ2) is 6.01. The van der Waals surface area contributed by atoms with Gasteiger partial charge in [0.15, 0.2) is 0 Å². The first kappa shape index (κ1) is 18.7. The second-order valence-electron chi connectivity index (χ2n) is 4.92. The highest BCUT2D eigenvalue weighted by Crippen LogP contribution is 2.46. The van der Waals surface area contributed by atoms with E-state index in [1.54, 1.807) is 6.07 Å². The molecule has 0 aliphatic carbocycles. The van der Waals surface area contributed by atoms with Crippen molar-refractivity contribution in [2.24, 2.45) is 5.10 Å². The van der Waals surface area contributed by atoms with Gasteiger partial charge in [-0.3, -0.25) is 9.59 Å². The maximum Gasteiger partial charge on any atom is 0.460 e. The molecule has 0 bridgehead atoms. The van der Waals surface area contributed by atoms with Crippen molar-refractivity contribution in [3.05, 3.63) is 29.8 Å². The van der Waals surface area contributed by atoms with Gasteiger partial charge in [0.25, 0.3) is 0 Å². The number of nitrogens with zero attached hydrogens (tertiary/aromatic N) is 1. The predicted molar refractivity (Wildman–Crippen MR) is 70.4 cm³/mol. The van der Waals surface area contributed by atoms with Crippen molar-refractivity contribution in [2.75, 3.05) is 5.32 Å². The van der Waals surface area contributed by atoms with Crippen LogP contribution in [0, 0.1) is 0 Å². The van der Waals surface area contributed by atoms with E-state index in [9.17, 15) is 40.3 Å². The van der Waals surface area contributed by atoms with Crippen LogP contribution in [0.2, 0.25) is 0 Å². The Morgan fingerprint density at radius 1 is 1.12 bits per heavy atom. The summed E-state index contributed by atoms with van der Waals surface area (Å²) in [6.45, 7) is 0. The first-order chi connectivity index (χ1) is 11.4. The fourth-order valence-electron chi connectivity index (χ4n) is 1.94. The number of fused-ring (bicyclic) bond motifs is 1. The summed E-state index contributed by atoms with van der Waals surface area (Å²) >= 11 is 0. The topological polar surface area (TPSA) is 70.6 Å². The maximum absolute atomic E-state index is 13.1. The summed E-state index contributed by atoms with van der Waals surface area (Å²) in [5.74, 6) is -17.4. The monoisotopic (exact) mass is 371 g/mol. The molecule has 1 heterocycles. The molecule has 0 saturated carbocycles. The lowest BCUT2D eigenvalue weighted by molar-refractivity contribution is -0.344. The zero-order valence-electron chi connectivity index (χ0n) is 11.9. The number of hydrogen-bond donors (Lipinski definition) is 2. The Hall–Kier alpha value is -2.66. The number of benzene rings is 1. The third kappa shape index (κ3) is 3.15. The number of anilines is 1. The molecular weight excluding hydrogens is 363 g/mol. The number of nitrogens with one attached hydrogen (secondary N) is 2. The smallest absolute Gasteiger partial charge is 0.325 e. The summed E-state index contributed by atoms with van der Waals surface area (Å²) in [5, 5.41) is 5.30. The minimum absolute atomic E-state index is 0.359. The van der Waals surface area contributed by atoms with Gasteiger partial charge in [-0.2, -0.15) is 35.8 Å². The number of hydrogen-bond acceptors (Lipinski definition) is 3. The van der Waals surface area contributed by atoms with Crippen molar-refractivity contribution in [1.82, 2.24) is 5.43 Å². The van der Waals surface area contributed by atoms with Gasteiger partial charge in [-0.15, -0.1) is 0 Å². The number of carbonyl (C=O) groups excluding carboxylic acids is 2. The molecule has 1 aliphatic heterocycles. The summed E-state index contributed by atoms with van der Waals surface area (Å²) in [6, 6.07) is 6.10. The van der Waals surface area contributed by atoms with Crippen LogP contribution >= 0.6 is 0 Å². The largest absolute Gasteiger partial charge is 0.460 e. The molecule has 5 nitrogen and oxygen atoms in total. The van der Waals surface area contributed by atoms with Crippen LogP contribution in [-0.4, -0.2) is 36.1 Å². The summed E-state index contributed by atoms with van der Waals surface area (Å²) in [5.41, 5.74) is 1.64. The number of halogens is 7. The normalized spacial score (nSPS) is 18.2. The molecule has 1 aromatic carbocycles. The zero-order valence-corrected chi connectivity index (χ0v) is 11.9. The molecule has 2 N–H and O–H groups in total. The molecule has 1 atom stereocenters. The number of carbonyl (C=O) groups is 2. The van der Waals surface area contributed by atoms with Crippen molar-refractivity contribution in [3.8, 4) is 0 Å². The number of hydrazone groups is 1. The molecule has 12 heteroatoms. The van der Waals surface area contributed by atoms with Crippen molar-refractivity contribution in [1.29, 1.82) is 0 Å². The molecule has 1 aliphatic rings. The van der Waals surface area contributed by atoms with Crippen LogP contribution in [0.5, 0.6) is 0 Å². The summed E-state index contributed by atoms with van der Waals surface area (Å²) in [7, 11) is 0. The number of amides is 2. The molecular formula is C13H8F7N3O2. The number of para-hydroxylation sites is 1. The Morgan fingerprint density at radius 2 is 1.72 bits per heavy atom. The van der Waals surface area contributed by atoms with Gasteiger partial charge in [0.2, 0.25) is 5.91 Å². The van der Waals surface area contributed by atoms with E-state index in [4.69, 9.17) is 0 Å². The lowest BCUT2D eigenvalue weighted by Crippen LogP contribution is -2.58. The molecule has 2 rings (SSSR count). The highest BCUT2D eigenvalue weighted by atomic mass is 19.4. The fourth-order valence-corrected chi connectivity index (χ4v) is 1.94. The van der Waals surface area contributed by atoms with Crippen molar-refractivity contribution < 1.29 is 40.3 Å². The standard InChI is InChI=1S/C13H8F7N3O2/c14-11(15,12(16,17)13(18,19)20)10(25)23-21-5-7-6-3-1-2-4-8(6)22-9(7)24/h1-5,7H,(H,22,24)(H,23,25). The average molecular weight is 371 g/mol. The first-order valence-electron chi connectivity index (χ1n) is 6.45. The third-order valence-corrected chi connectivity index (χ3v) is 3.26. The molecule has 136 valence electrons. The van der Waals surface area contributed by atoms with Crippen LogP contribution in [-0.2, 0) is 9.59 Å². The summed E-state index contributed by atoms with van der Waals surface area (Å²) < 4.78 is 87.5. The van der Waals surface area contributed by atoms with E-state index in [1.807, 2.05) is 0 Å². The molecule has 1 unspecified atom stereocenters. The SMILES string of the molecule is O=C1Nc2ccccc2C1C=NNC(=O)C(F)(F)C(F)(F)C(F)(F)F. The van der Waals surface area contributed by atoms with Crippen LogP contribution < -0.4 is 10.7 Å². The zero-order chi connectivity index (χ0) is 19.0. The van der Waals surface area contributed by atoms with E-state index in [2.05, 4.69) is 10.4 Å². The van der Waals surface area contributed by atoms with Gasteiger partial charge in [0.1, 0.15) is 5.92 Å². The van der Waals surface area contributed by atoms with Gasteiger partial charge in [0, 0.05) is 11.9 Å². The third-order valence-electron chi connectivity index (χ3n) is 3.26. The van der Waals surface area contributed by atoms with Gasteiger partial charge in [-0.1, -0.05) is 18.2 Å². The number of rotatable bonds is 4. The molecule has 0 aromatic heterocycles. The van der Waals surface area contributed by atoms with E-state index in [0.29, 0.717) is 17.5 Å². The van der Waals surface area contributed by atoms with E-state index in [-0.39, 0.29) is 0 Å². The first-order valence-corrected chi connectivity index (χ1v) is 6.45. The lowest BCUT2D eigenvalue weighted by Gasteiger charge is -2.26. The molecule has 0 fully saturated rings. The minimum atomic E-state index is -6.64. The summed E-state index contributed by atoms with van der Waals surface area (Å²) in [4.78, 5) is 22.7. The molecule has 25 heavy (non-hydrogen) atoms. The van der Waals surface area contributed by atoms with Gasteiger partial charge in [-0.05, 0) is 11.6 Å². The Morgan fingerprint density at radius 3 is 2.32 bits per heavy atom. The van der Waals surface area contributed by atoms with Crippen LogP contribution in [0.3, 0.4) is 0 Å². The van der Waals surface area contributed by atoms with E-state index in [0.717, 1.165) is 5.43 Å². The van der Waals surface area contributed by atoms with Crippen LogP contribution in [0.25, 0.3) is 0 Å². The summed E-state index contributed by atoms with van der Waals surface area (Å²) in [6.07, 6.45) is -6.00. The average Bonchev–Trinajstić information content (AvgIpc) is 2.81. The Kier molecular flexibility index (Phi) is 4.49. The van der Waals surface area contributed by atoms with Crippen LogP contribution in [0.1, 0.15) is 11.5 Å². The van der Waals surface area contributed by atoms with Crippen molar-refractivity contribution in [2.45, 2.75) is 23.9 Å². The van der Waals surface area contributed by atoms with Gasteiger partial charge >= 0.3 is 23.9 Å². The quantitative estimate of drug-likeness (QED) is 0.485. The molecule has 0 saturated heterocycles. The van der Waals surface area contributed by atoms with Gasteiger partial charge < -0.3 is 5.32 Å². The fraction of sp³-hybridized carbons (Fsp3) is 0.308. The predicted octanol–water partition coefficient (Wildman–Crippen LogP) is 2.66. The van der Waals surface area contributed by atoms with E-state index >= 15 is 0 Å². The van der Waals surface area contributed by atoms with Crippen molar-refractivity contribution >= 4 is 23.7 Å². The number of alkyl halides is 7. The Labute approximate surface area is 134 Å². The molecule has 0 radical (unpaired) electrons. The molecule has 1 aromatic rings. The van der Waals surface area contributed by atoms with E-state index in [1.165, 1.54) is 18.2 Å². The van der Waals surface area contributed by atoms with Gasteiger partial charge in [-0.25, -0.2) is 5.43 Å². The van der Waals surface area contributed by atoms with E-state index < -0.39 is 35.8 Å². The highest BCUT2D eigenvalue weighted by molar-refractivity contribution is 6.12. The lowest BCUT2D eigenvalue weighted by atomic mass is 10.0. The van der Waals surface area contributed by atoms with Crippen molar-refractivity contribution in [3.63, 3.8) is 0 Å². The maximum atomic E-state index is 13.1. The molecule has 0 spiro atoms. The highest BCUT2D eigenvalue weighted by Gasteiger charge is 2.76. The molecule has 2 amide bonds. The minimum Gasteiger partial charge on any atom is -0.325 e. The van der Waals surface area contributed by atoms with Crippen LogP contribution in [0.15, 0.2) is 29.4 Å². The van der Waals surface area contributed by atoms with Gasteiger partial charge in [0.05, 0.1) is 0 Å². The van der Waals surface area contributed by atoms with Crippen LogP contribution in [0.4, 0.5) is 36.4 Å². The Bertz CT molecular complexity index is 731. The second-order valence-corrected chi connectivity index (χ2v) is 4.92.